The van der Waals surface area contributed by atoms with Crippen LogP contribution in [0.1, 0.15) is 0 Å². The van der Waals surface area contributed by atoms with Crippen molar-refractivity contribution in [2.24, 2.45) is 0 Å². The molecular weight excluding hydrogens is 147 g/mol. The van der Waals surface area contributed by atoms with Crippen molar-refractivity contribution in [2.75, 3.05) is 7.11 Å². The summed E-state index contributed by atoms with van der Waals surface area (Å²) in [5.41, 5.74) is -0.0862. The van der Waals surface area contributed by atoms with Crippen molar-refractivity contribution in [1.82, 2.24) is 0 Å². The minimum atomic E-state index is -1.73. The zero-order chi connectivity index (χ0) is 8.85. The molecule has 0 aliphatic rings. The molecule has 0 atom stereocenters. The van der Waals surface area contributed by atoms with Crippen LogP contribution in [0, 0.1) is 10.8 Å². The fraction of sp³-hybridized carbons (Fsp3) is 0.200. The second kappa shape index (κ2) is 4.65. The van der Waals surface area contributed by atoms with Gasteiger partial charge in [0.2, 0.25) is 5.90 Å². The highest BCUT2D eigenvalue weighted by Crippen LogP contribution is 1.92. The van der Waals surface area contributed by atoms with E-state index in [1.807, 2.05) is 0 Å². The predicted octanol–water partition coefficient (Wildman–Crippen LogP) is -0.802. The van der Waals surface area contributed by atoms with Gasteiger partial charge in [-0.2, -0.15) is 0 Å². The van der Waals surface area contributed by atoms with Crippen LogP contribution in [0.4, 0.5) is 0 Å². The molecule has 60 valence electrons. The molecule has 4 N–H and O–H groups in total. The summed E-state index contributed by atoms with van der Waals surface area (Å²) in [6, 6.07) is 0. The van der Waals surface area contributed by atoms with Crippen LogP contribution < -0.4 is 0 Å². The van der Waals surface area contributed by atoms with Crippen LogP contribution in [0.5, 0.6) is 0 Å². The number of hydrogen-bond acceptors (Lipinski definition) is 5. The van der Waals surface area contributed by atoms with Crippen LogP contribution >= 0.6 is 0 Å². The number of methoxy groups -OCH3 is 1. The van der Waals surface area contributed by atoms with Crippen molar-refractivity contribution in [1.29, 1.82) is 10.8 Å². The van der Waals surface area contributed by atoms with E-state index in [4.69, 9.17) is 20.9 Å². The fourth-order valence-electron chi connectivity index (χ4n) is 0.401. The molecule has 0 spiro atoms. The minimum Gasteiger partial charge on any atom is -0.481 e. The van der Waals surface area contributed by atoms with Crippen molar-refractivity contribution in [3.63, 3.8) is 0 Å². The van der Waals surface area contributed by atoms with Gasteiger partial charge in [-0.05, 0) is 0 Å². The number of allylic oxidation sites excluding steroid dienone is 1. The molecule has 0 unspecified atom stereocenters. The fourth-order valence-corrected chi connectivity index (χ4v) is 0.401. The number of nitrogens with one attached hydrogen (secondary N) is 2. The molecular formula is C5H9BN2O3. The molecule has 6 heteroatoms. The van der Waals surface area contributed by atoms with Gasteiger partial charge in [-0.25, -0.2) is 0 Å². The van der Waals surface area contributed by atoms with Gasteiger partial charge in [0.25, 0.3) is 0 Å². The molecule has 0 aliphatic carbocycles. The van der Waals surface area contributed by atoms with E-state index in [0.29, 0.717) is 0 Å². The molecule has 0 aliphatic heterocycles. The predicted molar refractivity (Wildman–Crippen MR) is 41.8 cm³/mol. The summed E-state index contributed by atoms with van der Waals surface area (Å²) in [5, 5.41) is 30.7. The van der Waals surface area contributed by atoms with Gasteiger partial charge in [-0.3, -0.25) is 5.41 Å². The molecule has 0 saturated carbocycles. The second-order valence-corrected chi connectivity index (χ2v) is 1.73. The first-order valence-corrected chi connectivity index (χ1v) is 2.82. The Morgan fingerprint density at radius 3 is 2.36 bits per heavy atom. The molecule has 0 radical (unpaired) electrons. The first-order valence-electron chi connectivity index (χ1n) is 2.82. The van der Waals surface area contributed by atoms with Gasteiger partial charge >= 0.3 is 7.12 Å². The van der Waals surface area contributed by atoms with Gasteiger partial charge in [-0.15, -0.1) is 0 Å². The Labute approximate surface area is 64.5 Å². The Bertz CT molecular complexity index is 190. The minimum absolute atomic E-state index is 0.0862. The van der Waals surface area contributed by atoms with E-state index in [2.05, 4.69) is 4.74 Å². The highest BCUT2D eigenvalue weighted by molar-refractivity contribution is 6.57. The SMILES string of the molecule is COC(=N)/C=C(\C=N)B(O)O. The van der Waals surface area contributed by atoms with Crippen molar-refractivity contribution < 1.29 is 14.8 Å². The lowest BCUT2D eigenvalue weighted by molar-refractivity contribution is 0.401. The van der Waals surface area contributed by atoms with Crippen LogP contribution in [0.2, 0.25) is 0 Å². The number of hydrogen-bond donors (Lipinski definition) is 4. The lowest BCUT2D eigenvalue weighted by Crippen LogP contribution is -2.17. The zero-order valence-corrected chi connectivity index (χ0v) is 6.03. The summed E-state index contributed by atoms with van der Waals surface area (Å²) < 4.78 is 4.41. The van der Waals surface area contributed by atoms with Crippen LogP contribution in [0.25, 0.3) is 0 Å². The summed E-state index contributed by atoms with van der Waals surface area (Å²) in [7, 11) is -0.451. The van der Waals surface area contributed by atoms with Gasteiger partial charge in [0, 0.05) is 17.8 Å². The Balaban J connectivity index is 4.35. The van der Waals surface area contributed by atoms with Gasteiger partial charge in [0.05, 0.1) is 7.11 Å². The molecule has 0 amide bonds. The molecule has 0 aromatic rings. The third-order valence-corrected chi connectivity index (χ3v) is 0.982. The van der Waals surface area contributed by atoms with Gasteiger partial charge in [0.1, 0.15) is 0 Å². The smallest absolute Gasteiger partial charge is 0.481 e. The topological polar surface area (TPSA) is 97.4 Å². The lowest BCUT2D eigenvalue weighted by atomic mass is 9.80. The highest BCUT2D eigenvalue weighted by atomic mass is 16.5. The maximum Gasteiger partial charge on any atom is 0.490 e. The average molecular weight is 156 g/mol. The van der Waals surface area contributed by atoms with Crippen molar-refractivity contribution >= 4 is 19.2 Å². The standard InChI is InChI=1S/C5H9BN2O3/c1-11-5(8)2-4(3-7)6(9)10/h2-3,7-10H,1H3/b4-2+,7-3?,8-5?. The van der Waals surface area contributed by atoms with Crippen molar-refractivity contribution in [3.05, 3.63) is 11.5 Å². The van der Waals surface area contributed by atoms with Crippen molar-refractivity contribution in [3.8, 4) is 0 Å². The molecule has 11 heavy (non-hydrogen) atoms. The van der Waals surface area contributed by atoms with Crippen LogP contribution in [-0.2, 0) is 4.74 Å². The summed E-state index contributed by atoms with van der Waals surface area (Å²) >= 11 is 0. The van der Waals surface area contributed by atoms with E-state index >= 15 is 0 Å². The quantitative estimate of drug-likeness (QED) is 0.244. The second-order valence-electron chi connectivity index (χ2n) is 1.73. The van der Waals surface area contributed by atoms with Gasteiger partial charge in [-0.1, -0.05) is 0 Å². The molecule has 0 aromatic carbocycles. The monoisotopic (exact) mass is 156 g/mol. The Morgan fingerprint density at radius 2 is 2.09 bits per heavy atom. The number of rotatable bonds is 3. The van der Waals surface area contributed by atoms with E-state index in [9.17, 15) is 0 Å². The number of ether oxygens (including phenoxy) is 1. The van der Waals surface area contributed by atoms with E-state index in [1.165, 1.54) is 7.11 Å². The first kappa shape index (κ1) is 9.86. The average Bonchev–Trinajstić information content (AvgIpc) is 1.99. The van der Waals surface area contributed by atoms with Crippen LogP contribution in [0.15, 0.2) is 11.5 Å². The third kappa shape index (κ3) is 3.54. The molecule has 0 rings (SSSR count). The lowest BCUT2D eigenvalue weighted by Gasteiger charge is -1.98. The molecule has 5 nitrogen and oxygen atoms in total. The molecule has 0 fully saturated rings. The summed E-state index contributed by atoms with van der Waals surface area (Å²) in [5.74, 6) is -0.225. The maximum atomic E-state index is 8.54. The Kier molecular flexibility index (Phi) is 4.17. The summed E-state index contributed by atoms with van der Waals surface area (Å²) in [6.07, 6.45) is 1.80. The third-order valence-electron chi connectivity index (χ3n) is 0.982. The van der Waals surface area contributed by atoms with Gasteiger partial charge in [0.15, 0.2) is 0 Å². The van der Waals surface area contributed by atoms with Gasteiger partial charge < -0.3 is 20.2 Å². The molecule has 0 bridgehead atoms. The normalized spacial score (nSPS) is 10.6. The van der Waals surface area contributed by atoms with Crippen LogP contribution in [0.3, 0.4) is 0 Å². The van der Waals surface area contributed by atoms with E-state index in [0.717, 1.165) is 12.3 Å². The molecule has 0 heterocycles. The first-order chi connectivity index (χ1) is 5.11. The molecule has 0 saturated heterocycles. The van der Waals surface area contributed by atoms with E-state index in [-0.39, 0.29) is 11.4 Å². The van der Waals surface area contributed by atoms with E-state index in [1.54, 1.807) is 0 Å². The zero-order valence-electron chi connectivity index (χ0n) is 6.03. The van der Waals surface area contributed by atoms with Crippen molar-refractivity contribution in [2.45, 2.75) is 0 Å². The molecule has 0 aromatic heterocycles. The highest BCUT2D eigenvalue weighted by Gasteiger charge is 2.12. The summed E-state index contributed by atoms with van der Waals surface area (Å²) in [4.78, 5) is 0. The maximum absolute atomic E-state index is 8.54. The Morgan fingerprint density at radius 1 is 1.55 bits per heavy atom. The Hall–Kier alpha value is -1.14. The largest absolute Gasteiger partial charge is 0.490 e. The van der Waals surface area contributed by atoms with E-state index < -0.39 is 7.12 Å². The summed E-state index contributed by atoms with van der Waals surface area (Å²) in [6.45, 7) is 0. The van der Waals surface area contributed by atoms with Crippen LogP contribution in [-0.4, -0.2) is 36.4 Å².